The largest absolute Gasteiger partial charge is 0.488 e. The van der Waals surface area contributed by atoms with E-state index in [0.29, 0.717) is 35.2 Å². The summed E-state index contributed by atoms with van der Waals surface area (Å²) in [7, 11) is -1.03. The van der Waals surface area contributed by atoms with Crippen molar-refractivity contribution in [2.24, 2.45) is 10.6 Å². The van der Waals surface area contributed by atoms with Crippen molar-refractivity contribution in [2.45, 2.75) is 93.8 Å². The zero-order valence-corrected chi connectivity index (χ0v) is 39.9. The summed E-state index contributed by atoms with van der Waals surface area (Å²) in [5, 5.41) is 3.73. The number of benzene rings is 2. The van der Waals surface area contributed by atoms with Crippen LogP contribution < -0.4 is 19.1 Å². The summed E-state index contributed by atoms with van der Waals surface area (Å²) in [4.78, 5) is 58.4. The third kappa shape index (κ3) is 9.94. The SMILES string of the molecule is CC(C)c1ccccc1C1CCCN1C1CC2(CCN(c3cc(Oc4cnc5[nH]ccc5c4)c(C(=O)NS(=O)(=O)c4ccc(OCC5(F)CCN(C(=O)CN(C)C)CC5)c(N=O)c4)cn3)CC2)C1. The zero-order chi connectivity index (χ0) is 47.8. The van der Waals surface area contributed by atoms with Crippen LogP contribution in [0.5, 0.6) is 17.2 Å². The first kappa shape index (κ1) is 47.1. The highest BCUT2D eigenvalue weighted by Gasteiger charge is 2.50. The Hall–Kier alpha value is -5.98. The van der Waals surface area contributed by atoms with Crippen LogP contribution in [0.15, 0.2) is 89.3 Å². The van der Waals surface area contributed by atoms with E-state index < -0.39 is 38.8 Å². The molecule has 4 fully saturated rings. The van der Waals surface area contributed by atoms with Crippen molar-refractivity contribution in [1.29, 1.82) is 0 Å². The first-order chi connectivity index (χ1) is 32.6. The van der Waals surface area contributed by atoms with Crippen LogP contribution in [0.2, 0.25) is 0 Å². The molecule has 1 saturated carbocycles. The van der Waals surface area contributed by atoms with Crippen LogP contribution in [0.4, 0.5) is 15.9 Å². The number of hydrogen-bond acceptors (Lipinski definition) is 13. The minimum atomic E-state index is -4.60. The van der Waals surface area contributed by atoms with Crippen LogP contribution in [0.3, 0.4) is 0 Å². The number of rotatable bonds is 15. The molecule has 4 aliphatic rings. The average molecular weight is 950 g/mol. The third-order valence-corrected chi connectivity index (χ3v) is 15.8. The fraction of sp³-hybridized carbons (Fsp3) is 0.480. The molecule has 1 unspecified atom stereocenters. The van der Waals surface area contributed by atoms with Crippen molar-refractivity contribution >= 4 is 44.4 Å². The van der Waals surface area contributed by atoms with Crippen LogP contribution in [0.25, 0.3) is 11.0 Å². The summed E-state index contributed by atoms with van der Waals surface area (Å²) >= 11 is 0. The second-order valence-corrected chi connectivity index (χ2v) is 21.4. The van der Waals surface area contributed by atoms with Crippen molar-refractivity contribution in [3.63, 3.8) is 0 Å². The molecule has 3 saturated heterocycles. The van der Waals surface area contributed by atoms with Crippen LogP contribution in [-0.4, -0.2) is 122 Å². The minimum Gasteiger partial charge on any atom is -0.488 e. The van der Waals surface area contributed by atoms with E-state index in [-0.39, 0.29) is 60.9 Å². The molecule has 2 aromatic carbocycles. The van der Waals surface area contributed by atoms with E-state index in [0.717, 1.165) is 50.0 Å². The summed E-state index contributed by atoms with van der Waals surface area (Å²) < 4.78 is 57.3. The molecule has 1 aliphatic carbocycles. The minimum absolute atomic E-state index is 0.0288. The van der Waals surface area contributed by atoms with Gasteiger partial charge < -0.3 is 29.2 Å². The number of ether oxygens (including phenoxy) is 2. The number of nitrogens with one attached hydrogen (secondary N) is 2. The molecule has 1 spiro atoms. The van der Waals surface area contributed by atoms with Crippen molar-refractivity contribution in [3.8, 4) is 17.2 Å². The molecular weight excluding hydrogens is 890 g/mol. The average Bonchev–Trinajstić information content (AvgIpc) is 4.00. The summed E-state index contributed by atoms with van der Waals surface area (Å²) in [6, 6.07) is 18.5. The van der Waals surface area contributed by atoms with Gasteiger partial charge in [0.05, 0.1) is 17.6 Å². The molecule has 0 bridgehead atoms. The van der Waals surface area contributed by atoms with Gasteiger partial charge in [-0.2, -0.15) is 0 Å². The van der Waals surface area contributed by atoms with Crippen molar-refractivity contribution in [2.75, 3.05) is 64.9 Å². The van der Waals surface area contributed by atoms with E-state index in [1.807, 2.05) is 6.07 Å². The number of pyridine rings is 2. The maximum Gasteiger partial charge on any atom is 0.270 e. The van der Waals surface area contributed by atoms with Gasteiger partial charge in [-0.1, -0.05) is 38.1 Å². The van der Waals surface area contributed by atoms with Crippen molar-refractivity contribution in [1.82, 2.24) is 34.4 Å². The van der Waals surface area contributed by atoms with Gasteiger partial charge in [0.15, 0.2) is 5.69 Å². The molecule has 9 rings (SSSR count). The Morgan fingerprint density at radius 2 is 1.72 bits per heavy atom. The number of amides is 2. The monoisotopic (exact) mass is 949 g/mol. The first-order valence-corrected chi connectivity index (χ1v) is 25.1. The molecule has 3 aromatic heterocycles. The Balaban J connectivity index is 0.869. The van der Waals surface area contributed by atoms with Crippen LogP contribution >= 0.6 is 0 Å². The fourth-order valence-electron chi connectivity index (χ4n) is 10.6. The van der Waals surface area contributed by atoms with Crippen molar-refractivity contribution < 1.29 is 31.9 Å². The number of H-pyrrole nitrogens is 1. The van der Waals surface area contributed by atoms with E-state index in [4.69, 9.17) is 9.47 Å². The Morgan fingerprint density at radius 3 is 2.46 bits per heavy atom. The van der Waals surface area contributed by atoms with Gasteiger partial charge in [0.25, 0.3) is 15.9 Å². The maximum absolute atomic E-state index is 15.8. The lowest BCUT2D eigenvalue weighted by Crippen LogP contribution is -2.55. The standard InChI is InChI=1S/C50H60FN9O7S/c1-33(2)38-8-5-6-9-39(38)42-10-7-19-60(42)35-27-49(28-35)14-20-58(21-15-49)45-26-44(67-36-24-34-13-18-52-47(34)54-29-36)40(30-53-45)48(62)56-68(64,65)37-11-12-43(41(25-37)55-63)66-32-50(51)16-22-59(23-17-50)46(61)31-57(3)4/h5-6,8-9,11-13,18,24-26,29-30,33,35,42H,7,10,14-17,19-23,27-28,31-32H2,1-4H3,(H,52,54)(H,56,62). The molecule has 1 atom stereocenters. The first-order valence-electron chi connectivity index (χ1n) is 23.6. The number of aromatic amines is 1. The Kier molecular flexibility index (Phi) is 13.3. The number of hydrogen-bond donors (Lipinski definition) is 2. The molecule has 0 radical (unpaired) electrons. The van der Waals surface area contributed by atoms with Gasteiger partial charge in [0.1, 0.15) is 46.6 Å². The van der Waals surface area contributed by atoms with Gasteiger partial charge in [-0.05, 0) is 117 Å². The molecule has 6 heterocycles. The van der Waals surface area contributed by atoms with E-state index in [9.17, 15) is 22.9 Å². The van der Waals surface area contributed by atoms with Crippen LogP contribution in [0.1, 0.15) is 98.7 Å². The number of alkyl halides is 1. The summed E-state index contributed by atoms with van der Waals surface area (Å²) in [6.07, 6.45) is 11.4. The normalized spacial score (nSPS) is 19.7. The van der Waals surface area contributed by atoms with E-state index in [2.05, 4.69) is 72.8 Å². The predicted octanol–water partition coefficient (Wildman–Crippen LogP) is 8.25. The van der Waals surface area contributed by atoms with Crippen LogP contribution in [0, 0.1) is 10.3 Å². The number of aromatic nitrogens is 3. The summed E-state index contributed by atoms with van der Waals surface area (Å²) in [6.45, 7) is 7.43. The number of halogens is 1. The summed E-state index contributed by atoms with van der Waals surface area (Å²) in [5.74, 6) is 0.256. The molecule has 360 valence electrons. The highest BCUT2D eigenvalue weighted by molar-refractivity contribution is 7.90. The molecule has 3 aliphatic heterocycles. The van der Waals surface area contributed by atoms with Gasteiger partial charge in [-0.25, -0.2) is 27.5 Å². The molecule has 5 aromatic rings. The van der Waals surface area contributed by atoms with Crippen LogP contribution in [-0.2, 0) is 14.8 Å². The number of sulfonamides is 1. The number of nitroso groups, excluding NO2 is 1. The summed E-state index contributed by atoms with van der Waals surface area (Å²) in [5.41, 5.74) is 1.53. The number of nitrogens with zero attached hydrogens (tertiary/aromatic N) is 7. The van der Waals surface area contributed by atoms with E-state index in [1.165, 1.54) is 55.3 Å². The number of anilines is 1. The second-order valence-electron chi connectivity index (χ2n) is 19.7. The molecule has 68 heavy (non-hydrogen) atoms. The number of likely N-dealkylation sites (tertiary alicyclic amines) is 2. The molecular formula is C50H60FN9O7S. The smallest absolute Gasteiger partial charge is 0.270 e. The zero-order valence-electron chi connectivity index (χ0n) is 39.1. The number of likely N-dealkylation sites (N-methyl/N-ethyl adjacent to an activating group) is 1. The number of carbonyl (C=O) groups excluding carboxylic acids is 2. The van der Waals surface area contributed by atoms with Gasteiger partial charge in [0.2, 0.25) is 5.91 Å². The van der Waals surface area contributed by atoms with Gasteiger partial charge in [0, 0.05) is 75.0 Å². The number of piperidine rings is 2. The fourth-order valence-corrected chi connectivity index (χ4v) is 11.6. The van der Waals surface area contributed by atoms with Gasteiger partial charge >= 0.3 is 0 Å². The Bertz CT molecular complexity index is 2780. The lowest BCUT2D eigenvalue weighted by atomic mass is 9.60. The van der Waals surface area contributed by atoms with Crippen molar-refractivity contribution in [3.05, 3.63) is 101 Å². The maximum atomic E-state index is 15.8. The van der Waals surface area contributed by atoms with Gasteiger partial charge in [-0.3, -0.25) is 14.5 Å². The number of carbonyl (C=O) groups is 2. The number of fused-ring (bicyclic) bond motifs is 1. The predicted molar refractivity (Wildman–Crippen MR) is 257 cm³/mol. The highest BCUT2D eigenvalue weighted by Crippen LogP contribution is 2.54. The third-order valence-electron chi connectivity index (χ3n) is 14.4. The lowest BCUT2D eigenvalue weighted by molar-refractivity contribution is -0.134. The van der Waals surface area contributed by atoms with E-state index in [1.54, 1.807) is 42.2 Å². The molecule has 2 N–H and O–H groups in total. The highest BCUT2D eigenvalue weighted by atomic mass is 32.2. The quantitative estimate of drug-likeness (QED) is 0.0961. The topological polar surface area (TPSA) is 183 Å². The Labute approximate surface area is 396 Å². The second kappa shape index (κ2) is 19.2. The molecule has 2 amide bonds. The lowest BCUT2D eigenvalue weighted by Gasteiger charge is -2.56. The molecule has 18 heteroatoms. The van der Waals surface area contributed by atoms with Gasteiger partial charge in [-0.15, -0.1) is 4.91 Å². The Morgan fingerprint density at radius 1 is 0.956 bits per heavy atom. The molecule has 16 nitrogen and oxygen atoms in total. The van der Waals surface area contributed by atoms with E-state index >= 15 is 4.39 Å².